The van der Waals surface area contributed by atoms with Gasteiger partial charge in [-0.3, -0.25) is 15.0 Å². The molecule has 6 aliphatic rings. The average molecular weight is 1470 g/mol. The first-order valence-corrected chi connectivity index (χ1v) is 40.0. The van der Waals surface area contributed by atoms with Crippen LogP contribution in [-0.2, 0) is 21.7 Å². The van der Waals surface area contributed by atoms with Crippen molar-refractivity contribution >= 4 is 80.0 Å². The normalized spacial score (nSPS) is 14.9. The molecule has 544 valence electrons. The number of anilines is 12. The number of para-hydroxylation sites is 4. The zero-order chi connectivity index (χ0) is 76.5. The van der Waals surface area contributed by atoms with Gasteiger partial charge >= 0.3 is 0 Å². The van der Waals surface area contributed by atoms with Crippen LogP contribution >= 0.6 is 11.8 Å². The molecular weight excluding hydrogens is 1390 g/mol. The van der Waals surface area contributed by atoms with Gasteiger partial charge in [0.25, 0.3) is 0 Å². The molecule has 16 aromatic rings. The topological polar surface area (TPSA) is 51.6 Å². The van der Waals surface area contributed by atoms with Crippen LogP contribution in [0.15, 0.2) is 368 Å². The molecule has 22 rings (SSSR count). The van der Waals surface area contributed by atoms with Gasteiger partial charge in [-0.25, -0.2) is 0 Å². The Balaban J connectivity index is 0.000000111. The van der Waals surface area contributed by atoms with Crippen molar-refractivity contribution in [1.82, 2.24) is 15.0 Å². The van der Waals surface area contributed by atoms with Gasteiger partial charge in [-0.05, 0) is 200 Å². The van der Waals surface area contributed by atoms with Crippen molar-refractivity contribution in [3.63, 3.8) is 0 Å². The fourth-order valence-corrected chi connectivity index (χ4v) is 20.2. The molecule has 0 saturated carbocycles. The summed E-state index contributed by atoms with van der Waals surface area (Å²) < 4.78 is 0. The maximum Gasteiger partial charge on any atom is 0.0785 e. The lowest BCUT2D eigenvalue weighted by Gasteiger charge is -2.43. The monoisotopic (exact) mass is 1470 g/mol. The summed E-state index contributed by atoms with van der Waals surface area (Å²) in [6, 6.07) is 122. The first-order valence-electron chi connectivity index (χ1n) is 39.2. The van der Waals surface area contributed by atoms with Crippen LogP contribution in [0.3, 0.4) is 0 Å². The molecule has 3 aliphatic heterocycles. The molecule has 0 spiro atoms. The van der Waals surface area contributed by atoms with Gasteiger partial charge in [0.2, 0.25) is 0 Å². The van der Waals surface area contributed by atoms with Gasteiger partial charge < -0.3 is 19.6 Å². The summed E-state index contributed by atoms with van der Waals surface area (Å²) in [5, 5.41) is 0. The zero-order valence-electron chi connectivity index (χ0n) is 64.6. The average Bonchev–Trinajstić information content (AvgIpc) is 1.62. The van der Waals surface area contributed by atoms with Gasteiger partial charge in [0.1, 0.15) is 0 Å². The van der Waals surface area contributed by atoms with Gasteiger partial charge in [0, 0.05) is 101 Å². The van der Waals surface area contributed by atoms with Crippen molar-refractivity contribution < 1.29 is 0 Å². The molecule has 0 saturated heterocycles. The molecule has 7 nitrogen and oxygen atoms in total. The van der Waals surface area contributed by atoms with E-state index in [-0.39, 0.29) is 21.7 Å². The molecule has 0 radical (unpaired) electrons. The summed E-state index contributed by atoms with van der Waals surface area (Å²) in [4.78, 5) is 26.3. The summed E-state index contributed by atoms with van der Waals surface area (Å²) in [7, 11) is 0. The van der Waals surface area contributed by atoms with E-state index in [4.69, 9.17) is 0 Å². The van der Waals surface area contributed by atoms with Crippen LogP contribution in [0.1, 0.15) is 99.9 Å². The Hall–Kier alpha value is -13.1. The predicted molar refractivity (Wildman–Crippen MR) is 470 cm³/mol. The highest BCUT2D eigenvalue weighted by Gasteiger charge is 2.47. The number of hydrogen-bond donors (Lipinski definition) is 0. The van der Waals surface area contributed by atoms with Gasteiger partial charge in [0.05, 0.1) is 62.6 Å². The maximum absolute atomic E-state index is 4.67. The van der Waals surface area contributed by atoms with E-state index in [9.17, 15) is 0 Å². The second-order valence-corrected chi connectivity index (χ2v) is 33.3. The Morgan fingerprint density at radius 2 is 0.593 bits per heavy atom. The molecule has 6 heterocycles. The fraction of sp³-hybridized carbons (Fsp3) is 0.114. The number of aromatic nitrogens is 3. The molecule has 0 fully saturated rings. The summed E-state index contributed by atoms with van der Waals surface area (Å²) in [5.74, 6) is 0. The van der Waals surface area contributed by atoms with Crippen LogP contribution in [0.5, 0.6) is 0 Å². The van der Waals surface area contributed by atoms with E-state index in [1.165, 1.54) is 127 Å². The molecule has 8 heteroatoms. The van der Waals surface area contributed by atoms with Crippen molar-refractivity contribution in [1.29, 1.82) is 0 Å². The molecule has 13 aromatic carbocycles. The minimum absolute atomic E-state index is 0.0117. The minimum Gasteiger partial charge on any atom is -0.310 e. The number of hydrogen-bond acceptors (Lipinski definition) is 8. The molecule has 113 heavy (non-hydrogen) atoms. The summed E-state index contributed by atoms with van der Waals surface area (Å²) in [5.41, 5.74) is 39.4. The van der Waals surface area contributed by atoms with E-state index >= 15 is 0 Å². The van der Waals surface area contributed by atoms with Gasteiger partial charge in [-0.2, -0.15) is 0 Å². The van der Waals surface area contributed by atoms with Crippen molar-refractivity contribution in [3.05, 3.63) is 403 Å². The van der Waals surface area contributed by atoms with Crippen LogP contribution in [0.2, 0.25) is 0 Å². The van der Waals surface area contributed by atoms with E-state index in [1.807, 2.05) is 60.7 Å². The van der Waals surface area contributed by atoms with Gasteiger partial charge in [-0.1, -0.05) is 273 Å². The lowest BCUT2D eigenvalue weighted by molar-refractivity contribution is 0.627. The quantitative estimate of drug-likeness (QED) is 0.156. The van der Waals surface area contributed by atoms with Crippen LogP contribution < -0.4 is 19.6 Å². The van der Waals surface area contributed by atoms with Crippen molar-refractivity contribution in [2.45, 2.75) is 86.8 Å². The van der Waals surface area contributed by atoms with Crippen molar-refractivity contribution in [3.8, 4) is 67.2 Å². The first kappa shape index (κ1) is 69.1. The van der Waals surface area contributed by atoms with Crippen LogP contribution in [0.4, 0.5) is 68.2 Å². The Morgan fingerprint density at radius 1 is 0.239 bits per heavy atom. The second kappa shape index (κ2) is 26.8. The third-order valence-corrected chi connectivity index (χ3v) is 25.6. The molecule has 0 N–H and O–H groups in total. The summed E-state index contributed by atoms with van der Waals surface area (Å²) in [6.07, 6.45) is 5.58. The molecule has 0 atom stereocenters. The number of pyridine rings is 3. The third-order valence-electron chi connectivity index (χ3n) is 24.4. The Kier molecular flexibility index (Phi) is 16.4. The lowest BCUT2D eigenvalue weighted by atomic mass is 9.69. The molecule has 0 unspecified atom stereocenters. The minimum atomic E-state index is -0.183. The van der Waals surface area contributed by atoms with E-state index in [2.05, 4.69) is 399 Å². The van der Waals surface area contributed by atoms with Crippen molar-refractivity contribution in [2.75, 3.05) is 19.6 Å². The number of rotatable bonds is 7. The lowest BCUT2D eigenvalue weighted by Crippen LogP contribution is -2.32. The Bertz CT molecular complexity index is 6400. The van der Waals surface area contributed by atoms with E-state index < -0.39 is 0 Å². The van der Waals surface area contributed by atoms with Gasteiger partial charge in [0.15, 0.2) is 0 Å². The summed E-state index contributed by atoms with van der Waals surface area (Å²) >= 11 is 1.89. The first-order chi connectivity index (χ1) is 55.1. The largest absolute Gasteiger partial charge is 0.310 e. The fourth-order valence-electron chi connectivity index (χ4n) is 19.0. The summed E-state index contributed by atoms with van der Waals surface area (Å²) in [6.45, 7) is 18.9. The van der Waals surface area contributed by atoms with Gasteiger partial charge in [-0.15, -0.1) is 0 Å². The number of nitrogens with zero attached hydrogens (tertiary/aromatic N) is 7. The van der Waals surface area contributed by atoms with Crippen LogP contribution in [0.25, 0.3) is 67.2 Å². The highest BCUT2D eigenvalue weighted by Crippen LogP contribution is 2.65. The second-order valence-electron chi connectivity index (χ2n) is 32.3. The molecule has 3 aliphatic carbocycles. The maximum atomic E-state index is 4.67. The Morgan fingerprint density at radius 3 is 1.09 bits per heavy atom. The van der Waals surface area contributed by atoms with E-state index in [1.54, 1.807) is 0 Å². The predicted octanol–water partition coefficient (Wildman–Crippen LogP) is 28.5. The van der Waals surface area contributed by atoms with E-state index in [0.717, 1.165) is 62.2 Å². The molecule has 0 amide bonds. The smallest absolute Gasteiger partial charge is 0.0785 e. The van der Waals surface area contributed by atoms with Crippen LogP contribution in [0, 0.1) is 0 Å². The third kappa shape index (κ3) is 11.0. The standard InChI is InChI=1S/C38H29N3.C35H30N2.C32H24N2S/c1-38(2)30-18-10-9-17-29(30)36-31(38)21-23-34-37(36)41(28-15-7-4-8-16-28)33-22-20-26(32-19-11-12-24-39-32)25-35(33)40(34)27-13-5-3-6-14-27;1-34(2)26-15-9-8-14-25(26)32-28(34)19-20-30-33(32)35(3,4)27-18-17-23(29-16-10-11-21-36-29)22-31(27)37(30)24-12-6-5-7-13-24;1-32(2)24-13-7-6-12-23(24)30-25(32)16-17-27-31(30)35-29-18-15-21(26-14-8-9-19-33-26)20-28(29)34(27)22-10-4-3-5-11-22/h3-25H,1-2H3;5-22H,1-4H3;3-20H,1-2H3. The highest BCUT2D eigenvalue weighted by molar-refractivity contribution is 8.00. The zero-order valence-corrected chi connectivity index (χ0v) is 65.4. The number of fused-ring (bicyclic) bond motifs is 18. The Labute approximate surface area is 666 Å². The van der Waals surface area contributed by atoms with Crippen LogP contribution in [-0.4, -0.2) is 15.0 Å². The molecular formula is C105H83N7S. The number of benzene rings is 13. The molecule has 0 bridgehead atoms. The van der Waals surface area contributed by atoms with Crippen molar-refractivity contribution in [2.24, 2.45) is 0 Å². The highest BCUT2D eigenvalue weighted by atomic mass is 32.2. The SMILES string of the molecule is CC1(C)c2ccccc2-c2c1ccc1c2C(C)(C)c2ccc(-c3ccccn3)cc2N1c1ccccc1.CC1(C)c2ccccc2-c2c1ccc1c2N(c2ccccc2)c2ccc(-c3ccccn3)cc2N1c1ccccc1.CC1(C)c2ccccc2-c2c1ccc1c2Sc2ccc(-c3ccccn3)cc2N1c1ccccc1. The van der Waals surface area contributed by atoms with E-state index in [0.29, 0.717) is 0 Å². The molecule has 3 aromatic heterocycles.